The largest absolute Gasteiger partial charge is 0.398 e. The van der Waals surface area contributed by atoms with Crippen LogP contribution in [0.3, 0.4) is 0 Å². The average Bonchev–Trinajstić information content (AvgIpc) is 2.68. The Balaban J connectivity index is 2.60. The van der Waals surface area contributed by atoms with Crippen molar-refractivity contribution in [1.29, 1.82) is 0 Å². The van der Waals surface area contributed by atoms with Gasteiger partial charge in [0.1, 0.15) is 7.85 Å². The van der Waals surface area contributed by atoms with E-state index in [-0.39, 0.29) is 0 Å². The van der Waals surface area contributed by atoms with Crippen molar-refractivity contribution in [3.05, 3.63) is 32.9 Å². The van der Waals surface area contributed by atoms with Gasteiger partial charge >= 0.3 is 0 Å². The second-order valence-electron chi connectivity index (χ2n) is 4.17. The molecule has 0 heterocycles. The fraction of sp³-hybridized carbons (Fsp3) is 0.167. The minimum Gasteiger partial charge on any atom is -0.398 e. The predicted molar refractivity (Wildman–Crippen MR) is 76.7 cm³/mol. The van der Waals surface area contributed by atoms with Gasteiger partial charge in [0.2, 0.25) is 0 Å². The first-order valence-electron chi connectivity index (χ1n) is 5.18. The summed E-state index contributed by atoms with van der Waals surface area (Å²) in [5.74, 6) is 0. The highest BCUT2D eigenvalue weighted by Crippen LogP contribution is 2.34. The number of aryl methyl sites for hydroxylation is 2. The van der Waals surface area contributed by atoms with E-state index in [4.69, 9.17) is 5.73 Å². The zero-order chi connectivity index (χ0) is 10.6. The molecule has 0 saturated heterocycles. The lowest BCUT2D eigenvalue weighted by Gasteiger charge is -2.12. The minimum atomic E-state index is 0.970. The van der Waals surface area contributed by atoms with E-state index in [1.165, 1.54) is 37.4 Å². The van der Waals surface area contributed by atoms with Crippen molar-refractivity contribution >= 4 is 52.4 Å². The fourth-order valence-electron chi connectivity index (χ4n) is 2.58. The summed E-state index contributed by atoms with van der Waals surface area (Å²) in [6.07, 6.45) is 2.33. The molecule has 2 aromatic rings. The Morgan fingerprint density at radius 1 is 1.27 bits per heavy atom. The summed E-state index contributed by atoms with van der Waals surface area (Å²) in [6.45, 7) is 0. The molecule has 0 atom stereocenters. The number of halogens is 1. The van der Waals surface area contributed by atoms with E-state index in [1.807, 2.05) is 0 Å². The third kappa shape index (κ3) is 1.16. The van der Waals surface area contributed by atoms with Crippen molar-refractivity contribution in [3.63, 3.8) is 0 Å². The third-order valence-corrected chi connectivity index (χ3v) is 4.59. The monoisotopic (exact) mass is 307 g/mol. The molecular formula is C12H11BIN. The van der Waals surface area contributed by atoms with Gasteiger partial charge in [0, 0.05) is 9.26 Å². The molecule has 0 bridgehead atoms. The van der Waals surface area contributed by atoms with E-state index in [0.29, 0.717) is 0 Å². The Morgan fingerprint density at radius 2 is 2.07 bits per heavy atom. The molecular weight excluding hydrogens is 296 g/mol. The van der Waals surface area contributed by atoms with Crippen LogP contribution in [0.4, 0.5) is 5.69 Å². The molecule has 0 aliphatic heterocycles. The van der Waals surface area contributed by atoms with E-state index < -0.39 is 0 Å². The first-order valence-corrected chi connectivity index (χ1v) is 6.26. The summed E-state index contributed by atoms with van der Waals surface area (Å²) < 4.78 is 1.22. The van der Waals surface area contributed by atoms with E-state index in [0.717, 1.165) is 12.1 Å². The molecule has 0 aromatic heterocycles. The summed E-state index contributed by atoms with van der Waals surface area (Å²) in [5.41, 5.74) is 11.4. The quantitative estimate of drug-likeness (QED) is 0.444. The Bertz CT molecular complexity index is 578. The van der Waals surface area contributed by atoms with Crippen LogP contribution in [0.25, 0.3) is 10.8 Å². The maximum absolute atomic E-state index is 6.14. The highest BCUT2D eigenvalue weighted by molar-refractivity contribution is 14.1. The van der Waals surface area contributed by atoms with Crippen LogP contribution in [-0.2, 0) is 12.8 Å². The average molecular weight is 307 g/mol. The normalized spacial score (nSPS) is 13.7. The van der Waals surface area contributed by atoms with Crippen LogP contribution in [0.2, 0.25) is 0 Å². The predicted octanol–water partition coefficient (Wildman–Crippen LogP) is 1.38. The molecule has 3 heteroatoms. The molecule has 0 unspecified atom stereocenters. The lowest BCUT2D eigenvalue weighted by atomic mass is 9.86. The summed E-state index contributed by atoms with van der Waals surface area (Å²) in [4.78, 5) is 0. The van der Waals surface area contributed by atoms with Crippen LogP contribution in [-0.4, -0.2) is 7.85 Å². The number of rotatable bonds is 0. The number of nitrogens with two attached hydrogens (primary N) is 1. The number of anilines is 1. The van der Waals surface area contributed by atoms with Crippen LogP contribution in [0.5, 0.6) is 0 Å². The van der Waals surface area contributed by atoms with Gasteiger partial charge in [0.25, 0.3) is 0 Å². The van der Waals surface area contributed by atoms with Gasteiger partial charge in [-0.2, -0.15) is 0 Å². The first-order chi connectivity index (χ1) is 7.20. The SMILES string of the molecule is Bc1c(N)c(I)c2cccc3c2c1CC3. The molecule has 2 aromatic carbocycles. The van der Waals surface area contributed by atoms with Gasteiger partial charge < -0.3 is 5.73 Å². The van der Waals surface area contributed by atoms with E-state index in [1.54, 1.807) is 0 Å². The molecule has 1 nitrogen and oxygen atoms in total. The summed E-state index contributed by atoms with van der Waals surface area (Å²) in [6, 6.07) is 6.57. The highest BCUT2D eigenvalue weighted by Gasteiger charge is 2.19. The van der Waals surface area contributed by atoms with Crippen LogP contribution >= 0.6 is 22.6 Å². The molecule has 0 amide bonds. The number of hydrogen-bond acceptors (Lipinski definition) is 1. The van der Waals surface area contributed by atoms with Crippen molar-refractivity contribution in [3.8, 4) is 0 Å². The second kappa shape index (κ2) is 3.14. The molecule has 1 aliphatic rings. The maximum atomic E-state index is 6.14. The number of hydrogen-bond donors (Lipinski definition) is 1. The Hall–Kier alpha value is -0.705. The van der Waals surface area contributed by atoms with Crippen LogP contribution in [0.1, 0.15) is 11.1 Å². The maximum Gasteiger partial charge on any atom is 0.142 e. The van der Waals surface area contributed by atoms with Gasteiger partial charge in [0.05, 0.1) is 0 Å². The van der Waals surface area contributed by atoms with Gasteiger partial charge in [-0.15, -0.1) is 0 Å². The minimum absolute atomic E-state index is 0.970. The van der Waals surface area contributed by atoms with Gasteiger partial charge in [-0.25, -0.2) is 0 Å². The second-order valence-corrected chi connectivity index (χ2v) is 5.25. The van der Waals surface area contributed by atoms with Gasteiger partial charge in [0.15, 0.2) is 0 Å². The summed E-state index contributed by atoms with van der Waals surface area (Å²) in [7, 11) is 2.15. The summed E-state index contributed by atoms with van der Waals surface area (Å²) >= 11 is 2.36. The van der Waals surface area contributed by atoms with Crippen LogP contribution in [0.15, 0.2) is 18.2 Å². The van der Waals surface area contributed by atoms with Crippen molar-refractivity contribution in [1.82, 2.24) is 0 Å². The van der Waals surface area contributed by atoms with Crippen LogP contribution < -0.4 is 11.2 Å². The van der Waals surface area contributed by atoms with Crippen LogP contribution in [0, 0.1) is 3.57 Å². The molecule has 1 aliphatic carbocycles. The van der Waals surface area contributed by atoms with Gasteiger partial charge in [-0.05, 0) is 57.3 Å². The molecule has 0 spiro atoms. The van der Waals surface area contributed by atoms with Crippen molar-refractivity contribution in [2.24, 2.45) is 0 Å². The Kier molecular flexibility index (Phi) is 1.99. The highest BCUT2D eigenvalue weighted by atomic mass is 127. The first kappa shape index (κ1) is 9.52. The molecule has 15 heavy (non-hydrogen) atoms. The van der Waals surface area contributed by atoms with Crippen molar-refractivity contribution in [2.45, 2.75) is 12.8 Å². The smallest absolute Gasteiger partial charge is 0.142 e. The molecule has 0 radical (unpaired) electrons. The molecule has 74 valence electrons. The number of benzene rings is 2. The standard InChI is InChI=1S/C12H11BIN/c13-10-7-5-4-6-2-1-3-8(9(6)7)11(14)12(10)15/h1-3H,4-5,13,15H2. The van der Waals surface area contributed by atoms with E-state index in [9.17, 15) is 0 Å². The summed E-state index contributed by atoms with van der Waals surface area (Å²) in [5, 5.41) is 2.80. The molecule has 3 rings (SSSR count). The van der Waals surface area contributed by atoms with E-state index >= 15 is 0 Å². The topological polar surface area (TPSA) is 26.0 Å². The fourth-order valence-corrected chi connectivity index (χ4v) is 3.43. The lowest BCUT2D eigenvalue weighted by Crippen LogP contribution is -2.16. The molecule has 0 fully saturated rings. The van der Waals surface area contributed by atoms with Gasteiger partial charge in [-0.1, -0.05) is 23.7 Å². The van der Waals surface area contributed by atoms with E-state index in [2.05, 4.69) is 48.6 Å². The zero-order valence-corrected chi connectivity index (χ0v) is 10.8. The zero-order valence-electron chi connectivity index (χ0n) is 8.60. The third-order valence-electron chi connectivity index (χ3n) is 3.43. The van der Waals surface area contributed by atoms with Crippen molar-refractivity contribution in [2.75, 3.05) is 5.73 Å². The molecule has 0 saturated carbocycles. The van der Waals surface area contributed by atoms with Crippen molar-refractivity contribution < 1.29 is 0 Å². The lowest BCUT2D eigenvalue weighted by molar-refractivity contribution is 1.03. The Labute approximate surface area is 104 Å². The van der Waals surface area contributed by atoms with Gasteiger partial charge in [-0.3, -0.25) is 0 Å². The molecule has 2 N–H and O–H groups in total. The Morgan fingerprint density at radius 3 is 2.87 bits per heavy atom. The number of nitrogen functional groups attached to an aromatic ring is 1.